The number of oxazole rings is 1. The van der Waals surface area contributed by atoms with Crippen molar-refractivity contribution in [3.63, 3.8) is 0 Å². The summed E-state index contributed by atoms with van der Waals surface area (Å²) < 4.78 is 5.81. The third kappa shape index (κ3) is 6.04. The molecule has 0 spiro atoms. The van der Waals surface area contributed by atoms with Gasteiger partial charge in [-0.05, 0) is 56.2 Å². The zero-order valence-electron chi connectivity index (χ0n) is 15.9. The fourth-order valence-corrected chi connectivity index (χ4v) is 2.67. The average Bonchev–Trinajstić information content (AvgIpc) is 2.95. The highest BCUT2D eigenvalue weighted by atomic mass is 16.4. The SMILES string of the molecule is CCc1ccc(-c2nc(CCCC(=O)NCCC(C)C)c(C)o2)cc1. The third-order valence-corrected chi connectivity index (χ3v) is 4.36. The summed E-state index contributed by atoms with van der Waals surface area (Å²) in [5, 5.41) is 2.97. The van der Waals surface area contributed by atoms with Crippen LogP contribution in [-0.4, -0.2) is 17.4 Å². The smallest absolute Gasteiger partial charge is 0.226 e. The Hall–Kier alpha value is -2.10. The second kappa shape index (κ2) is 9.40. The molecule has 0 saturated heterocycles. The molecule has 0 radical (unpaired) electrons. The van der Waals surface area contributed by atoms with Crippen LogP contribution < -0.4 is 5.32 Å². The van der Waals surface area contributed by atoms with Crippen LogP contribution in [0.5, 0.6) is 0 Å². The minimum atomic E-state index is 0.122. The second-order valence-electron chi connectivity index (χ2n) is 6.96. The Kier molecular flexibility index (Phi) is 7.23. The molecule has 0 aliphatic rings. The largest absolute Gasteiger partial charge is 0.441 e. The summed E-state index contributed by atoms with van der Waals surface area (Å²) in [4.78, 5) is 16.5. The number of carbonyl (C=O) groups is 1. The zero-order valence-corrected chi connectivity index (χ0v) is 15.9. The maximum Gasteiger partial charge on any atom is 0.226 e. The standard InChI is InChI=1S/C21H30N2O2/c1-5-17-9-11-18(12-10-17)21-23-19(16(4)25-21)7-6-8-20(24)22-14-13-15(2)3/h9-12,15H,5-8,13-14H2,1-4H3,(H,22,24). The van der Waals surface area contributed by atoms with Crippen LogP contribution in [0.25, 0.3) is 11.5 Å². The molecule has 0 fully saturated rings. The molecule has 0 atom stereocenters. The predicted octanol–water partition coefficient (Wildman–Crippen LogP) is 4.70. The molecule has 0 bridgehead atoms. The molecule has 25 heavy (non-hydrogen) atoms. The summed E-state index contributed by atoms with van der Waals surface area (Å²) in [6, 6.07) is 8.32. The molecule has 4 nitrogen and oxygen atoms in total. The van der Waals surface area contributed by atoms with Crippen LogP contribution in [0.1, 0.15) is 57.1 Å². The number of rotatable bonds is 9. The lowest BCUT2D eigenvalue weighted by Gasteiger charge is -2.06. The molecule has 0 aliphatic heterocycles. The van der Waals surface area contributed by atoms with Crippen LogP contribution in [0.3, 0.4) is 0 Å². The zero-order chi connectivity index (χ0) is 18.2. The van der Waals surface area contributed by atoms with Crippen molar-refractivity contribution in [2.75, 3.05) is 6.54 Å². The summed E-state index contributed by atoms with van der Waals surface area (Å²) in [6.45, 7) is 9.16. The molecule has 0 saturated carbocycles. The van der Waals surface area contributed by atoms with Crippen molar-refractivity contribution in [2.45, 2.75) is 59.8 Å². The van der Waals surface area contributed by atoms with Gasteiger partial charge < -0.3 is 9.73 Å². The molecule has 1 aromatic carbocycles. The van der Waals surface area contributed by atoms with Crippen LogP contribution in [0.4, 0.5) is 0 Å². The molecule has 2 aromatic rings. The first-order valence-corrected chi connectivity index (χ1v) is 9.32. The number of hydrogen-bond acceptors (Lipinski definition) is 3. The van der Waals surface area contributed by atoms with E-state index in [1.165, 1.54) is 5.56 Å². The van der Waals surface area contributed by atoms with Gasteiger partial charge in [-0.1, -0.05) is 32.9 Å². The molecule has 1 N–H and O–H groups in total. The Morgan fingerprint density at radius 3 is 2.60 bits per heavy atom. The van der Waals surface area contributed by atoms with E-state index in [4.69, 9.17) is 4.42 Å². The van der Waals surface area contributed by atoms with Gasteiger partial charge in [0.15, 0.2) is 0 Å². The van der Waals surface area contributed by atoms with Gasteiger partial charge in [-0.3, -0.25) is 4.79 Å². The number of carbonyl (C=O) groups excluding carboxylic acids is 1. The summed E-state index contributed by atoms with van der Waals surface area (Å²) in [7, 11) is 0. The second-order valence-corrected chi connectivity index (χ2v) is 6.96. The average molecular weight is 342 g/mol. The van der Waals surface area contributed by atoms with Gasteiger partial charge in [0.05, 0.1) is 5.69 Å². The molecule has 0 unspecified atom stereocenters. The molecule has 2 rings (SSSR count). The van der Waals surface area contributed by atoms with E-state index in [1.54, 1.807) is 0 Å². The molecular weight excluding hydrogens is 312 g/mol. The Morgan fingerprint density at radius 2 is 1.96 bits per heavy atom. The first kappa shape index (κ1) is 19.2. The van der Waals surface area contributed by atoms with Gasteiger partial charge in [-0.25, -0.2) is 4.98 Å². The summed E-state index contributed by atoms with van der Waals surface area (Å²) in [6.07, 6.45) is 4.13. The highest BCUT2D eigenvalue weighted by Crippen LogP contribution is 2.23. The van der Waals surface area contributed by atoms with E-state index in [0.29, 0.717) is 18.2 Å². The minimum absolute atomic E-state index is 0.122. The van der Waals surface area contributed by atoms with E-state index in [1.807, 2.05) is 6.92 Å². The van der Waals surface area contributed by atoms with Gasteiger partial charge in [0.25, 0.3) is 0 Å². The van der Waals surface area contributed by atoms with Crippen LogP contribution in [0.2, 0.25) is 0 Å². The highest BCUT2D eigenvalue weighted by Gasteiger charge is 2.12. The van der Waals surface area contributed by atoms with Crippen molar-refractivity contribution in [1.29, 1.82) is 0 Å². The number of nitrogens with one attached hydrogen (secondary N) is 1. The highest BCUT2D eigenvalue weighted by molar-refractivity contribution is 5.75. The van der Waals surface area contributed by atoms with Crippen molar-refractivity contribution < 1.29 is 9.21 Å². The topological polar surface area (TPSA) is 55.1 Å². The monoisotopic (exact) mass is 342 g/mol. The molecule has 1 heterocycles. The number of aryl methyl sites for hydroxylation is 3. The lowest BCUT2D eigenvalue weighted by Crippen LogP contribution is -2.25. The lowest BCUT2D eigenvalue weighted by molar-refractivity contribution is -0.121. The number of amides is 1. The number of benzene rings is 1. The van der Waals surface area contributed by atoms with Crippen LogP contribution in [-0.2, 0) is 17.6 Å². The minimum Gasteiger partial charge on any atom is -0.441 e. The van der Waals surface area contributed by atoms with Crippen LogP contribution in [0.15, 0.2) is 28.7 Å². The van der Waals surface area contributed by atoms with Crippen molar-refractivity contribution in [3.8, 4) is 11.5 Å². The van der Waals surface area contributed by atoms with E-state index in [2.05, 4.69) is 55.3 Å². The van der Waals surface area contributed by atoms with E-state index in [-0.39, 0.29) is 5.91 Å². The van der Waals surface area contributed by atoms with Crippen molar-refractivity contribution in [2.24, 2.45) is 5.92 Å². The molecule has 1 amide bonds. The van der Waals surface area contributed by atoms with Crippen molar-refractivity contribution in [1.82, 2.24) is 10.3 Å². The van der Waals surface area contributed by atoms with E-state index in [9.17, 15) is 4.79 Å². The van der Waals surface area contributed by atoms with Gasteiger partial charge >= 0.3 is 0 Å². The molecule has 136 valence electrons. The van der Waals surface area contributed by atoms with Gasteiger partial charge in [0.1, 0.15) is 5.76 Å². The van der Waals surface area contributed by atoms with E-state index in [0.717, 1.165) is 49.2 Å². The molecule has 4 heteroatoms. The van der Waals surface area contributed by atoms with Gasteiger partial charge in [0.2, 0.25) is 11.8 Å². The lowest BCUT2D eigenvalue weighted by atomic mass is 10.1. The maximum atomic E-state index is 11.8. The number of nitrogens with zero attached hydrogens (tertiary/aromatic N) is 1. The van der Waals surface area contributed by atoms with Crippen LogP contribution in [0, 0.1) is 12.8 Å². The molecule has 0 aliphatic carbocycles. The number of hydrogen-bond donors (Lipinski definition) is 1. The fraction of sp³-hybridized carbons (Fsp3) is 0.524. The summed E-state index contributed by atoms with van der Waals surface area (Å²) >= 11 is 0. The Balaban J connectivity index is 1.84. The molecular formula is C21H30N2O2. The van der Waals surface area contributed by atoms with Gasteiger partial charge in [0, 0.05) is 18.5 Å². The molecule has 1 aromatic heterocycles. The maximum absolute atomic E-state index is 11.8. The van der Waals surface area contributed by atoms with Crippen LogP contribution >= 0.6 is 0 Å². The summed E-state index contributed by atoms with van der Waals surface area (Å²) in [5.41, 5.74) is 3.25. The quantitative estimate of drug-likeness (QED) is 0.719. The van der Waals surface area contributed by atoms with Crippen molar-refractivity contribution in [3.05, 3.63) is 41.3 Å². The van der Waals surface area contributed by atoms with Gasteiger partial charge in [-0.15, -0.1) is 0 Å². The fourth-order valence-electron chi connectivity index (χ4n) is 2.67. The summed E-state index contributed by atoms with van der Waals surface area (Å²) in [5.74, 6) is 2.24. The Labute approximate surface area is 151 Å². The first-order chi connectivity index (χ1) is 12.0. The number of aromatic nitrogens is 1. The van der Waals surface area contributed by atoms with Crippen molar-refractivity contribution >= 4 is 5.91 Å². The third-order valence-electron chi connectivity index (χ3n) is 4.36. The predicted molar refractivity (Wildman–Crippen MR) is 101 cm³/mol. The van der Waals surface area contributed by atoms with E-state index >= 15 is 0 Å². The van der Waals surface area contributed by atoms with E-state index < -0.39 is 0 Å². The Bertz CT molecular complexity index is 672. The normalized spacial score (nSPS) is 11.1. The van der Waals surface area contributed by atoms with Gasteiger partial charge in [-0.2, -0.15) is 0 Å². The first-order valence-electron chi connectivity index (χ1n) is 9.32. The Morgan fingerprint density at radius 1 is 1.24 bits per heavy atom.